The highest BCUT2D eigenvalue weighted by molar-refractivity contribution is 4.84. The molecule has 0 heterocycles. The topological polar surface area (TPSA) is 46.2 Å². The molecule has 0 atom stereocenters. The van der Waals surface area contributed by atoms with E-state index in [4.69, 9.17) is 10.8 Å². The summed E-state index contributed by atoms with van der Waals surface area (Å²) in [6.45, 7) is 15.0. The molecule has 0 rings (SSSR count). The molecular weight excluding hydrogens is 174 g/mol. The van der Waals surface area contributed by atoms with Crippen molar-refractivity contribution in [2.24, 2.45) is 23.5 Å². The summed E-state index contributed by atoms with van der Waals surface area (Å²) < 4.78 is 0. The van der Waals surface area contributed by atoms with Crippen LogP contribution in [0.5, 0.6) is 0 Å². The zero-order valence-corrected chi connectivity index (χ0v) is 11.0. The van der Waals surface area contributed by atoms with Gasteiger partial charge in [0, 0.05) is 12.1 Å². The summed E-state index contributed by atoms with van der Waals surface area (Å²) in [6.07, 6.45) is 0. The first-order chi connectivity index (χ1) is 6.16. The van der Waals surface area contributed by atoms with Crippen molar-refractivity contribution in [2.75, 3.05) is 6.61 Å². The van der Waals surface area contributed by atoms with E-state index in [0.29, 0.717) is 24.4 Å². The van der Waals surface area contributed by atoms with E-state index in [1.807, 2.05) is 13.8 Å². The zero-order chi connectivity index (χ0) is 11.9. The van der Waals surface area contributed by atoms with Crippen molar-refractivity contribution in [3.8, 4) is 0 Å². The van der Waals surface area contributed by atoms with Crippen LogP contribution in [0.1, 0.15) is 48.5 Å². The molecule has 0 aliphatic heterocycles. The van der Waals surface area contributed by atoms with Gasteiger partial charge in [-0.3, -0.25) is 0 Å². The average Bonchev–Trinajstić information content (AvgIpc) is 2.04. The van der Waals surface area contributed by atoms with E-state index < -0.39 is 0 Å². The third kappa shape index (κ3) is 7.34. The molecule has 0 bridgehead atoms. The van der Waals surface area contributed by atoms with Crippen molar-refractivity contribution in [3.63, 3.8) is 0 Å². The number of aliphatic hydroxyl groups is 1. The molecule has 0 unspecified atom stereocenters. The molecule has 0 spiro atoms. The van der Waals surface area contributed by atoms with Crippen molar-refractivity contribution in [1.82, 2.24) is 0 Å². The molecule has 3 N–H and O–H groups in total. The molecule has 0 amide bonds. The van der Waals surface area contributed by atoms with E-state index in [-0.39, 0.29) is 5.54 Å². The molecule has 0 aromatic rings. The van der Waals surface area contributed by atoms with E-state index in [2.05, 4.69) is 34.6 Å². The lowest BCUT2D eigenvalue weighted by Gasteiger charge is -2.33. The van der Waals surface area contributed by atoms with Gasteiger partial charge < -0.3 is 10.8 Å². The normalized spacial score (nSPS) is 12.0. The van der Waals surface area contributed by atoms with Crippen LogP contribution in [-0.4, -0.2) is 17.3 Å². The van der Waals surface area contributed by atoms with Gasteiger partial charge in [-0.2, -0.15) is 0 Å². The van der Waals surface area contributed by atoms with Crippen LogP contribution in [0, 0.1) is 17.8 Å². The smallest absolute Gasteiger partial charge is 0.0453 e. The molecule has 2 heteroatoms. The first-order valence-corrected chi connectivity index (χ1v) is 5.55. The predicted octanol–water partition coefficient (Wildman–Crippen LogP) is 2.65. The molecule has 88 valence electrons. The second-order valence-electron chi connectivity index (χ2n) is 5.25. The van der Waals surface area contributed by atoms with Crippen molar-refractivity contribution in [2.45, 2.75) is 54.0 Å². The fourth-order valence-corrected chi connectivity index (χ4v) is 0.667. The Morgan fingerprint density at radius 1 is 1.00 bits per heavy atom. The highest BCUT2D eigenvalue weighted by Gasteiger charge is 2.26. The number of rotatable bonds is 3. The van der Waals surface area contributed by atoms with Crippen molar-refractivity contribution in [1.29, 1.82) is 0 Å². The molecular formula is C12H29NO. The summed E-state index contributed by atoms with van der Waals surface area (Å²) >= 11 is 0. The molecule has 0 fully saturated rings. The Bertz CT molecular complexity index is 118. The molecule has 0 aromatic carbocycles. The minimum Gasteiger partial charge on any atom is -0.396 e. The van der Waals surface area contributed by atoms with E-state index in [1.165, 1.54) is 0 Å². The van der Waals surface area contributed by atoms with Crippen LogP contribution in [0.25, 0.3) is 0 Å². The average molecular weight is 203 g/mol. The number of hydrogen-bond acceptors (Lipinski definition) is 2. The minimum atomic E-state index is 0.000000000000000222. The lowest BCUT2D eigenvalue weighted by Crippen LogP contribution is -2.46. The van der Waals surface area contributed by atoms with Gasteiger partial charge in [-0.25, -0.2) is 0 Å². The zero-order valence-electron chi connectivity index (χ0n) is 11.0. The SMILES string of the molecule is CC(C)C(C)(N)C(C)C.CC(C)CO. The van der Waals surface area contributed by atoms with Gasteiger partial charge in [0.15, 0.2) is 0 Å². The molecule has 0 saturated heterocycles. The standard InChI is InChI=1S/C8H19N.C4H10O/c1-6(2)8(5,9)7(3)4;1-4(2)3-5/h6-7H,9H2,1-5H3;4-5H,3H2,1-2H3. The largest absolute Gasteiger partial charge is 0.396 e. The third-order valence-corrected chi connectivity index (χ3v) is 2.85. The Hall–Kier alpha value is -0.0800. The fourth-order valence-electron chi connectivity index (χ4n) is 0.667. The lowest BCUT2D eigenvalue weighted by molar-refractivity contribution is 0.248. The minimum absolute atomic E-state index is 0.000000000000000222. The van der Waals surface area contributed by atoms with Gasteiger partial charge in [0.25, 0.3) is 0 Å². The van der Waals surface area contributed by atoms with E-state index in [9.17, 15) is 0 Å². The van der Waals surface area contributed by atoms with Crippen LogP contribution in [0.4, 0.5) is 0 Å². The van der Waals surface area contributed by atoms with Gasteiger partial charge in [0.1, 0.15) is 0 Å². The Kier molecular flexibility index (Phi) is 8.46. The first-order valence-electron chi connectivity index (χ1n) is 5.55. The third-order valence-electron chi connectivity index (χ3n) is 2.85. The molecule has 14 heavy (non-hydrogen) atoms. The van der Waals surface area contributed by atoms with Crippen LogP contribution in [0.2, 0.25) is 0 Å². The number of hydrogen-bond donors (Lipinski definition) is 2. The van der Waals surface area contributed by atoms with Gasteiger partial charge in [-0.1, -0.05) is 41.5 Å². The second kappa shape index (κ2) is 7.24. The van der Waals surface area contributed by atoms with E-state index in [0.717, 1.165) is 0 Å². The quantitative estimate of drug-likeness (QED) is 0.740. The second-order valence-corrected chi connectivity index (χ2v) is 5.25. The van der Waals surface area contributed by atoms with Crippen LogP contribution in [-0.2, 0) is 0 Å². The Labute approximate surface area is 89.9 Å². The Morgan fingerprint density at radius 2 is 1.21 bits per heavy atom. The first kappa shape index (κ1) is 16.4. The molecule has 0 saturated carbocycles. The summed E-state index contributed by atoms with van der Waals surface area (Å²) in [5, 5.41) is 8.14. The Balaban J connectivity index is 0. The lowest BCUT2D eigenvalue weighted by atomic mass is 9.80. The van der Waals surface area contributed by atoms with Gasteiger partial charge in [-0.05, 0) is 24.7 Å². The van der Waals surface area contributed by atoms with Crippen LogP contribution in [0.3, 0.4) is 0 Å². The maximum Gasteiger partial charge on any atom is 0.0453 e. The van der Waals surface area contributed by atoms with Crippen molar-refractivity contribution < 1.29 is 5.11 Å². The summed E-state index contributed by atoms with van der Waals surface area (Å²) in [7, 11) is 0. The monoisotopic (exact) mass is 203 g/mol. The van der Waals surface area contributed by atoms with Gasteiger partial charge in [-0.15, -0.1) is 0 Å². The van der Waals surface area contributed by atoms with Crippen LogP contribution in [0.15, 0.2) is 0 Å². The molecule has 0 radical (unpaired) electrons. The van der Waals surface area contributed by atoms with Gasteiger partial charge in [0.05, 0.1) is 0 Å². The van der Waals surface area contributed by atoms with Crippen LogP contribution >= 0.6 is 0 Å². The molecule has 2 nitrogen and oxygen atoms in total. The highest BCUT2D eigenvalue weighted by atomic mass is 16.3. The Morgan fingerprint density at radius 3 is 1.21 bits per heavy atom. The van der Waals surface area contributed by atoms with Crippen molar-refractivity contribution in [3.05, 3.63) is 0 Å². The van der Waals surface area contributed by atoms with Crippen LogP contribution < -0.4 is 5.73 Å². The van der Waals surface area contributed by atoms with Gasteiger partial charge in [0.2, 0.25) is 0 Å². The summed E-state index contributed by atoms with van der Waals surface area (Å²) in [6, 6.07) is 0. The predicted molar refractivity (Wildman–Crippen MR) is 64.2 cm³/mol. The fraction of sp³-hybridized carbons (Fsp3) is 1.00. The number of nitrogens with two attached hydrogens (primary N) is 1. The molecule has 0 aliphatic rings. The number of aliphatic hydroxyl groups excluding tert-OH is 1. The maximum atomic E-state index is 8.14. The summed E-state index contributed by atoms with van der Waals surface area (Å²) in [5.41, 5.74) is 6.00. The summed E-state index contributed by atoms with van der Waals surface area (Å²) in [5.74, 6) is 1.57. The summed E-state index contributed by atoms with van der Waals surface area (Å²) in [4.78, 5) is 0. The van der Waals surface area contributed by atoms with E-state index >= 15 is 0 Å². The van der Waals surface area contributed by atoms with Crippen molar-refractivity contribution >= 4 is 0 Å². The maximum absolute atomic E-state index is 8.14. The highest BCUT2D eigenvalue weighted by Crippen LogP contribution is 2.21. The van der Waals surface area contributed by atoms with E-state index in [1.54, 1.807) is 0 Å². The van der Waals surface area contributed by atoms with Gasteiger partial charge >= 0.3 is 0 Å². The molecule has 0 aliphatic carbocycles. The molecule has 0 aromatic heterocycles.